The second-order valence-electron chi connectivity index (χ2n) is 2.98. The lowest BCUT2D eigenvalue weighted by Crippen LogP contribution is -2.11. The highest BCUT2D eigenvalue weighted by Crippen LogP contribution is 2.00. The van der Waals surface area contributed by atoms with Crippen LogP contribution in [-0.2, 0) is 14.3 Å². The summed E-state index contributed by atoms with van der Waals surface area (Å²) in [5.41, 5.74) is 0. The third-order valence-electron chi connectivity index (χ3n) is 1.70. The number of unbranched alkanes of at least 4 members (excludes halogenated alkanes) is 2. The van der Waals surface area contributed by atoms with Crippen molar-refractivity contribution in [3.63, 3.8) is 0 Å². The average molecular weight is 314 g/mol. The van der Waals surface area contributed by atoms with Crippen LogP contribution in [0.15, 0.2) is 0 Å². The molecular formula is C10H19IO3. The first kappa shape index (κ1) is 14.2. The molecule has 0 amide bonds. The van der Waals surface area contributed by atoms with Gasteiger partial charge in [-0.2, -0.15) is 0 Å². The number of rotatable bonds is 9. The van der Waals surface area contributed by atoms with E-state index in [0.29, 0.717) is 19.6 Å². The molecule has 14 heavy (non-hydrogen) atoms. The fourth-order valence-corrected chi connectivity index (χ4v) is 1.27. The number of alkyl halides is 1. The summed E-state index contributed by atoms with van der Waals surface area (Å²) in [6.45, 7) is 3.75. The van der Waals surface area contributed by atoms with Crippen LogP contribution in [-0.4, -0.2) is 30.2 Å². The lowest BCUT2D eigenvalue weighted by atomic mass is 10.2. The van der Waals surface area contributed by atoms with Gasteiger partial charge in [-0.25, -0.2) is 0 Å². The molecule has 0 N–H and O–H groups in total. The number of hydrogen-bond acceptors (Lipinski definition) is 3. The van der Waals surface area contributed by atoms with Gasteiger partial charge in [-0.15, -0.1) is 0 Å². The van der Waals surface area contributed by atoms with Gasteiger partial charge in [-0.05, 0) is 6.42 Å². The van der Waals surface area contributed by atoms with Crippen molar-refractivity contribution in [1.82, 2.24) is 0 Å². The first-order chi connectivity index (χ1) is 6.81. The minimum atomic E-state index is -0.100. The molecule has 0 aliphatic rings. The van der Waals surface area contributed by atoms with Crippen molar-refractivity contribution in [2.24, 2.45) is 0 Å². The number of halogens is 1. The van der Waals surface area contributed by atoms with Crippen LogP contribution in [0.1, 0.15) is 32.6 Å². The maximum atomic E-state index is 11.1. The van der Waals surface area contributed by atoms with E-state index in [-0.39, 0.29) is 5.97 Å². The highest BCUT2D eigenvalue weighted by atomic mass is 127. The molecular weight excluding hydrogens is 295 g/mol. The van der Waals surface area contributed by atoms with E-state index in [1.807, 2.05) is 0 Å². The van der Waals surface area contributed by atoms with Gasteiger partial charge in [0, 0.05) is 10.8 Å². The second-order valence-corrected chi connectivity index (χ2v) is 4.06. The van der Waals surface area contributed by atoms with Crippen molar-refractivity contribution in [2.45, 2.75) is 32.6 Å². The zero-order valence-corrected chi connectivity index (χ0v) is 10.9. The number of hydrogen-bond donors (Lipinski definition) is 0. The molecule has 0 fully saturated rings. The van der Waals surface area contributed by atoms with Gasteiger partial charge in [0.2, 0.25) is 0 Å². The van der Waals surface area contributed by atoms with E-state index in [2.05, 4.69) is 29.5 Å². The minimum absolute atomic E-state index is 0.100. The van der Waals surface area contributed by atoms with Crippen LogP contribution in [0, 0.1) is 0 Å². The maximum Gasteiger partial charge on any atom is 0.305 e. The summed E-state index contributed by atoms with van der Waals surface area (Å²) < 4.78 is 11.1. The third kappa shape index (κ3) is 10.2. The van der Waals surface area contributed by atoms with Crippen LogP contribution < -0.4 is 0 Å². The molecule has 0 atom stereocenters. The molecule has 3 nitrogen and oxygen atoms in total. The molecule has 4 heteroatoms. The molecule has 84 valence electrons. The summed E-state index contributed by atoms with van der Waals surface area (Å²) in [4.78, 5) is 11.1. The van der Waals surface area contributed by atoms with Crippen LogP contribution in [0.5, 0.6) is 0 Å². The van der Waals surface area contributed by atoms with Gasteiger partial charge in [0.1, 0.15) is 6.61 Å². The fraction of sp³-hybridized carbons (Fsp3) is 0.900. The monoisotopic (exact) mass is 314 g/mol. The van der Waals surface area contributed by atoms with E-state index in [0.717, 1.165) is 30.3 Å². The summed E-state index contributed by atoms with van der Waals surface area (Å²) in [5, 5.41) is 0. The third-order valence-corrected chi connectivity index (χ3v) is 2.14. The number of carbonyl (C=O) groups is 1. The molecule has 0 spiro atoms. The molecule has 0 aliphatic heterocycles. The number of esters is 1. The molecule has 0 saturated heterocycles. The molecule has 0 radical (unpaired) electrons. The van der Waals surface area contributed by atoms with Crippen molar-refractivity contribution in [3.05, 3.63) is 0 Å². The van der Waals surface area contributed by atoms with Gasteiger partial charge in [-0.1, -0.05) is 42.4 Å². The largest absolute Gasteiger partial charge is 0.463 e. The number of ether oxygens (including phenoxy) is 2. The highest BCUT2D eigenvalue weighted by molar-refractivity contribution is 14.1. The van der Waals surface area contributed by atoms with Gasteiger partial charge >= 0.3 is 5.97 Å². The Labute approximate surface area is 99.7 Å². The Morgan fingerprint density at radius 1 is 1.21 bits per heavy atom. The standard InChI is InChI=1S/C10H19IO3/c1-2-3-4-5-10(12)14-9-8-13-7-6-11/h2-9H2,1H3. The normalized spacial score (nSPS) is 10.1. The topological polar surface area (TPSA) is 35.5 Å². The Bertz CT molecular complexity index is 139. The molecule has 0 aliphatic carbocycles. The predicted molar refractivity (Wildman–Crippen MR) is 64.8 cm³/mol. The predicted octanol–water partition coefficient (Wildman–Crippen LogP) is 2.56. The Balaban J connectivity index is 3.10. The van der Waals surface area contributed by atoms with Gasteiger partial charge in [0.05, 0.1) is 13.2 Å². The van der Waals surface area contributed by atoms with Gasteiger partial charge in [0.25, 0.3) is 0 Å². The molecule has 0 unspecified atom stereocenters. The SMILES string of the molecule is CCCCCC(=O)OCCOCCI. The summed E-state index contributed by atoms with van der Waals surface area (Å²) in [6.07, 6.45) is 3.70. The van der Waals surface area contributed by atoms with Crippen LogP contribution >= 0.6 is 22.6 Å². The Morgan fingerprint density at radius 2 is 2.00 bits per heavy atom. The minimum Gasteiger partial charge on any atom is -0.463 e. The van der Waals surface area contributed by atoms with E-state index in [1.165, 1.54) is 0 Å². The maximum absolute atomic E-state index is 11.1. The van der Waals surface area contributed by atoms with E-state index >= 15 is 0 Å². The smallest absolute Gasteiger partial charge is 0.305 e. The fourth-order valence-electron chi connectivity index (χ4n) is 0.963. The van der Waals surface area contributed by atoms with E-state index in [4.69, 9.17) is 9.47 Å². The average Bonchev–Trinajstić information content (AvgIpc) is 2.18. The first-order valence-corrected chi connectivity index (χ1v) is 6.63. The summed E-state index contributed by atoms with van der Waals surface area (Å²) in [7, 11) is 0. The summed E-state index contributed by atoms with van der Waals surface area (Å²) in [6, 6.07) is 0. The van der Waals surface area contributed by atoms with Crippen molar-refractivity contribution in [1.29, 1.82) is 0 Å². The van der Waals surface area contributed by atoms with E-state index < -0.39 is 0 Å². The van der Waals surface area contributed by atoms with Crippen molar-refractivity contribution in [3.8, 4) is 0 Å². The first-order valence-electron chi connectivity index (χ1n) is 5.10. The summed E-state index contributed by atoms with van der Waals surface area (Å²) >= 11 is 2.24. The molecule has 0 aromatic heterocycles. The van der Waals surface area contributed by atoms with Gasteiger partial charge in [-0.3, -0.25) is 4.79 Å². The van der Waals surface area contributed by atoms with E-state index in [9.17, 15) is 4.79 Å². The quantitative estimate of drug-likeness (QED) is 0.284. The Hall–Kier alpha value is 0.160. The van der Waals surface area contributed by atoms with Crippen LogP contribution in [0.3, 0.4) is 0 Å². The van der Waals surface area contributed by atoms with Crippen LogP contribution in [0.4, 0.5) is 0 Å². The molecule has 0 bridgehead atoms. The van der Waals surface area contributed by atoms with Crippen molar-refractivity contribution < 1.29 is 14.3 Å². The Kier molecular flexibility index (Phi) is 11.4. The van der Waals surface area contributed by atoms with Gasteiger partial charge in [0.15, 0.2) is 0 Å². The number of carbonyl (C=O) groups excluding carboxylic acids is 1. The van der Waals surface area contributed by atoms with E-state index in [1.54, 1.807) is 0 Å². The molecule has 0 rings (SSSR count). The Morgan fingerprint density at radius 3 is 2.64 bits per heavy atom. The molecule has 0 aromatic rings. The molecule has 0 aromatic carbocycles. The van der Waals surface area contributed by atoms with Crippen molar-refractivity contribution in [2.75, 3.05) is 24.2 Å². The summed E-state index contributed by atoms with van der Waals surface area (Å²) in [5.74, 6) is -0.100. The zero-order valence-electron chi connectivity index (χ0n) is 8.76. The molecule has 0 saturated carbocycles. The highest BCUT2D eigenvalue weighted by Gasteiger charge is 2.01. The zero-order chi connectivity index (χ0) is 10.6. The van der Waals surface area contributed by atoms with Crippen molar-refractivity contribution >= 4 is 28.6 Å². The lowest BCUT2D eigenvalue weighted by Gasteiger charge is -2.04. The van der Waals surface area contributed by atoms with Crippen LogP contribution in [0.25, 0.3) is 0 Å². The van der Waals surface area contributed by atoms with Gasteiger partial charge < -0.3 is 9.47 Å². The second kappa shape index (κ2) is 11.2. The lowest BCUT2D eigenvalue weighted by molar-refractivity contribution is -0.145. The molecule has 0 heterocycles. The van der Waals surface area contributed by atoms with Crippen LogP contribution in [0.2, 0.25) is 0 Å².